The van der Waals surface area contributed by atoms with Gasteiger partial charge in [0.05, 0.1) is 0 Å². The highest BCUT2D eigenvalue weighted by molar-refractivity contribution is 5.43. The van der Waals surface area contributed by atoms with Crippen molar-refractivity contribution >= 4 is 0 Å². The number of benzene rings is 2. The Balaban J connectivity index is 2.14. The minimum Gasteiger partial charge on any atom is -0.508 e. The summed E-state index contributed by atoms with van der Waals surface area (Å²) in [5.41, 5.74) is 2.62. The molecule has 21 heavy (non-hydrogen) atoms. The van der Waals surface area contributed by atoms with E-state index in [1.165, 1.54) is 6.42 Å². The largest absolute Gasteiger partial charge is 0.508 e. The van der Waals surface area contributed by atoms with Gasteiger partial charge in [0.2, 0.25) is 0 Å². The van der Waals surface area contributed by atoms with Gasteiger partial charge >= 0.3 is 0 Å². The van der Waals surface area contributed by atoms with Gasteiger partial charge in [-0.2, -0.15) is 0 Å². The van der Waals surface area contributed by atoms with Crippen molar-refractivity contribution in [1.29, 1.82) is 0 Å². The van der Waals surface area contributed by atoms with Gasteiger partial charge in [0, 0.05) is 5.41 Å². The molecule has 0 bridgehead atoms. The van der Waals surface area contributed by atoms with Gasteiger partial charge in [-0.3, -0.25) is 0 Å². The van der Waals surface area contributed by atoms with Gasteiger partial charge in [0.25, 0.3) is 0 Å². The second-order valence-corrected chi connectivity index (χ2v) is 6.17. The quantitative estimate of drug-likeness (QED) is 0.814. The van der Waals surface area contributed by atoms with Crippen molar-refractivity contribution < 1.29 is 9.50 Å². The number of aromatic hydroxyl groups is 1. The van der Waals surface area contributed by atoms with E-state index < -0.39 is 0 Å². The van der Waals surface area contributed by atoms with Crippen LogP contribution in [0, 0.1) is 12.7 Å². The number of hydrogen-bond donors (Lipinski definition) is 1. The van der Waals surface area contributed by atoms with Crippen LogP contribution >= 0.6 is 0 Å². The molecule has 1 saturated carbocycles. The van der Waals surface area contributed by atoms with Crippen LogP contribution < -0.4 is 0 Å². The first-order valence-electron chi connectivity index (χ1n) is 7.68. The smallest absolute Gasteiger partial charge is 0.127 e. The van der Waals surface area contributed by atoms with Crippen LogP contribution in [0.2, 0.25) is 0 Å². The minimum atomic E-state index is -0.246. The third kappa shape index (κ3) is 2.55. The summed E-state index contributed by atoms with van der Waals surface area (Å²) in [7, 11) is 0. The lowest BCUT2D eigenvalue weighted by Gasteiger charge is -2.39. The van der Waals surface area contributed by atoms with Gasteiger partial charge in [-0.05, 0) is 54.7 Å². The van der Waals surface area contributed by atoms with Crippen molar-refractivity contribution in [1.82, 2.24) is 0 Å². The Bertz CT molecular complexity index is 625. The third-order valence-corrected chi connectivity index (χ3v) is 4.77. The first kappa shape index (κ1) is 14.1. The van der Waals surface area contributed by atoms with Crippen LogP contribution in [0.1, 0.15) is 48.8 Å². The van der Waals surface area contributed by atoms with Gasteiger partial charge in [-0.1, -0.05) is 43.5 Å². The van der Waals surface area contributed by atoms with E-state index >= 15 is 0 Å². The Kier molecular flexibility index (Phi) is 3.71. The van der Waals surface area contributed by atoms with Crippen molar-refractivity contribution in [2.24, 2.45) is 0 Å². The zero-order chi connectivity index (χ0) is 14.9. The highest BCUT2D eigenvalue weighted by atomic mass is 19.1. The molecule has 0 heterocycles. The van der Waals surface area contributed by atoms with Crippen LogP contribution in [0.5, 0.6) is 5.75 Å². The zero-order valence-corrected chi connectivity index (χ0v) is 12.4. The number of aryl methyl sites for hydroxylation is 1. The van der Waals surface area contributed by atoms with Crippen molar-refractivity contribution in [3.05, 3.63) is 65.0 Å². The lowest BCUT2D eigenvalue weighted by atomic mass is 9.65. The molecular formula is C19H21FO. The van der Waals surface area contributed by atoms with Gasteiger partial charge in [-0.15, -0.1) is 0 Å². The van der Waals surface area contributed by atoms with Crippen LogP contribution in [0.15, 0.2) is 42.5 Å². The Hall–Kier alpha value is -1.83. The van der Waals surface area contributed by atoms with Gasteiger partial charge in [0.1, 0.15) is 11.6 Å². The maximum atomic E-state index is 14.6. The van der Waals surface area contributed by atoms with Crippen molar-refractivity contribution in [3.8, 4) is 5.75 Å². The van der Waals surface area contributed by atoms with Crippen molar-refractivity contribution in [3.63, 3.8) is 0 Å². The molecule has 2 heteroatoms. The Labute approximate surface area is 125 Å². The first-order valence-corrected chi connectivity index (χ1v) is 7.68. The molecule has 0 saturated heterocycles. The van der Waals surface area contributed by atoms with E-state index in [2.05, 4.69) is 0 Å². The summed E-state index contributed by atoms with van der Waals surface area (Å²) in [5.74, 6) is 0.152. The van der Waals surface area contributed by atoms with Crippen LogP contribution in [0.4, 0.5) is 4.39 Å². The molecule has 0 aliphatic heterocycles. The Morgan fingerprint density at radius 1 is 0.952 bits per heavy atom. The average molecular weight is 284 g/mol. The molecule has 0 radical (unpaired) electrons. The van der Waals surface area contributed by atoms with Crippen molar-refractivity contribution in [2.45, 2.75) is 44.4 Å². The standard InChI is InChI=1S/C19H21FO/c1-14-5-10-17(18(20)13-14)19(11-3-2-4-12-19)15-6-8-16(21)9-7-15/h5-10,13,21H,2-4,11-12H2,1H3. The Morgan fingerprint density at radius 2 is 1.62 bits per heavy atom. The molecule has 0 amide bonds. The molecule has 2 aromatic carbocycles. The molecule has 0 spiro atoms. The molecule has 0 atom stereocenters. The van der Waals surface area contributed by atoms with E-state index in [0.717, 1.165) is 42.4 Å². The first-order chi connectivity index (χ1) is 10.1. The Morgan fingerprint density at radius 3 is 2.24 bits per heavy atom. The van der Waals surface area contributed by atoms with E-state index in [1.807, 2.05) is 31.2 Å². The zero-order valence-electron chi connectivity index (χ0n) is 12.4. The molecule has 1 aliphatic rings. The molecule has 1 aliphatic carbocycles. The van der Waals surface area contributed by atoms with E-state index in [-0.39, 0.29) is 17.0 Å². The molecule has 0 unspecified atom stereocenters. The molecule has 1 fully saturated rings. The van der Waals surface area contributed by atoms with Gasteiger partial charge in [0.15, 0.2) is 0 Å². The summed E-state index contributed by atoms with van der Waals surface area (Å²) in [4.78, 5) is 0. The molecule has 1 nitrogen and oxygen atoms in total. The SMILES string of the molecule is Cc1ccc(C2(c3ccc(O)cc3)CCCCC2)c(F)c1. The number of rotatable bonds is 2. The third-order valence-electron chi connectivity index (χ3n) is 4.77. The van der Waals surface area contributed by atoms with Crippen LogP contribution in [-0.2, 0) is 5.41 Å². The molecule has 2 aromatic rings. The summed E-state index contributed by atoms with van der Waals surface area (Å²) in [5, 5.41) is 9.53. The van der Waals surface area contributed by atoms with E-state index in [1.54, 1.807) is 18.2 Å². The average Bonchev–Trinajstić information content (AvgIpc) is 2.48. The van der Waals surface area contributed by atoms with Crippen molar-refractivity contribution in [2.75, 3.05) is 0 Å². The fourth-order valence-corrected chi connectivity index (χ4v) is 3.66. The lowest BCUT2D eigenvalue weighted by molar-refractivity contribution is 0.335. The monoisotopic (exact) mass is 284 g/mol. The summed E-state index contributed by atoms with van der Waals surface area (Å²) in [6.07, 6.45) is 5.39. The lowest BCUT2D eigenvalue weighted by Crippen LogP contribution is -2.31. The highest BCUT2D eigenvalue weighted by Crippen LogP contribution is 2.46. The molecule has 110 valence electrons. The number of halogens is 1. The van der Waals surface area contributed by atoms with Crippen LogP contribution in [0.3, 0.4) is 0 Å². The maximum Gasteiger partial charge on any atom is 0.127 e. The summed E-state index contributed by atoms with van der Waals surface area (Å²) >= 11 is 0. The molecular weight excluding hydrogens is 263 g/mol. The predicted molar refractivity (Wildman–Crippen MR) is 83.1 cm³/mol. The number of phenols is 1. The number of phenolic OH excluding ortho intramolecular Hbond substituents is 1. The van der Waals surface area contributed by atoms with Gasteiger partial charge < -0.3 is 5.11 Å². The minimum absolute atomic E-state index is 0.107. The number of hydrogen-bond acceptors (Lipinski definition) is 1. The topological polar surface area (TPSA) is 20.2 Å². The fraction of sp³-hybridized carbons (Fsp3) is 0.368. The summed E-state index contributed by atoms with van der Waals surface area (Å²) in [6, 6.07) is 12.9. The maximum absolute atomic E-state index is 14.6. The van der Waals surface area contributed by atoms with E-state index in [4.69, 9.17) is 0 Å². The summed E-state index contributed by atoms with van der Waals surface area (Å²) < 4.78 is 14.6. The molecule has 0 aromatic heterocycles. The molecule has 1 N–H and O–H groups in total. The second-order valence-electron chi connectivity index (χ2n) is 6.17. The fourth-order valence-electron chi connectivity index (χ4n) is 3.66. The normalized spacial score (nSPS) is 17.6. The highest BCUT2D eigenvalue weighted by Gasteiger charge is 2.37. The van der Waals surface area contributed by atoms with E-state index in [0.29, 0.717) is 0 Å². The summed E-state index contributed by atoms with van der Waals surface area (Å²) in [6.45, 7) is 1.92. The van der Waals surface area contributed by atoms with Gasteiger partial charge in [-0.25, -0.2) is 4.39 Å². The van der Waals surface area contributed by atoms with E-state index in [9.17, 15) is 9.50 Å². The second kappa shape index (κ2) is 5.51. The van der Waals surface area contributed by atoms with Crippen LogP contribution in [-0.4, -0.2) is 5.11 Å². The predicted octanol–water partition coefficient (Wildman–Crippen LogP) is 5.09. The molecule has 3 rings (SSSR count). The van der Waals surface area contributed by atoms with Crippen LogP contribution in [0.25, 0.3) is 0 Å².